The van der Waals surface area contributed by atoms with Crippen molar-refractivity contribution in [3.05, 3.63) is 12.7 Å². The Labute approximate surface area is 88.2 Å². The van der Waals surface area contributed by atoms with Gasteiger partial charge >= 0.3 is 5.97 Å². The molecule has 1 aliphatic rings. The van der Waals surface area contributed by atoms with Crippen molar-refractivity contribution in [2.24, 2.45) is 0 Å². The summed E-state index contributed by atoms with van der Waals surface area (Å²) < 4.78 is 0. The minimum Gasteiger partial charge on any atom is -0.479 e. The van der Waals surface area contributed by atoms with Crippen molar-refractivity contribution in [3.63, 3.8) is 0 Å². The van der Waals surface area contributed by atoms with Gasteiger partial charge in [-0.05, 0) is 19.3 Å². The fourth-order valence-corrected chi connectivity index (χ4v) is 2.97. The van der Waals surface area contributed by atoms with Gasteiger partial charge in [-0.15, -0.1) is 6.58 Å². The van der Waals surface area contributed by atoms with Crippen LogP contribution in [-0.2, 0) is 4.79 Å². The van der Waals surface area contributed by atoms with E-state index in [0.29, 0.717) is 12.2 Å². The smallest absolute Gasteiger partial charge is 0.336 e. The number of aliphatic hydroxyl groups is 1. The van der Waals surface area contributed by atoms with Gasteiger partial charge in [0.15, 0.2) is 5.60 Å². The highest BCUT2D eigenvalue weighted by molar-refractivity contribution is 8.00. The monoisotopic (exact) mass is 216 g/mol. The average molecular weight is 216 g/mol. The molecule has 1 rings (SSSR count). The van der Waals surface area contributed by atoms with Gasteiger partial charge in [0.25, 0.3) is 0 Å². The second kappa shape index (κ2) is 4.84. The number of hydrogen-bond donors (Lipinski definition) is 2. The van der Waals surface area contributed by atoms with Crippen LogP contribution in [0.3, 0.4) is 0 Å². The van der Waals surface area contributed by atoms with E-state index in [2.05, 4.69) is 6.58 Å². The van der Waals surface area contributed by atoms with Crippen LogP contribution >= 0.6 is 11.8 Å². The predicted molar refractivity (Wildman–Crippen MR) is 57.5 cm³/mol. The summed E-state index contributed by atoms with van der Waals surface area (Å²) in [6, 6.07) is 0. The van der Waals surface area contributed by atoms with E-state index < -0.39 is 11.6 Å². The van der Waals surface area contributed by atoms with Crippen molar-refractivity contribution in [2.75, 3.05) is 5.75 Å². The summed E-state index contributed by atoms with van der Waals surface area (Å²) in [5.74, 6) is -0.390. The maximum atomic E-state index is 11.0. The first-order chi connectivity index (χ1) is 6.61. The third-order valence-corrected chi connectivity index (χ3v) is 4.05. The molecule has 1 saturated carbocycles. The molecule has 0 bridgehead atoms. The highest BCUT2D eigenvalue weighted by Crippen LogP contribution is 2.36. The second-order valence-electron chi connectivity index (χ2n) is 3.59. The van der Waals surface area contributed by atoms with E-state index in [9.17, 15) is 9.90 Å². The van der Waals surface area contributed by atoms with Crippen LogP contribution in [0.4, 0.5) is 0 Å². The molecule has 0 aromatic carbocycles. The Morgan fingerprint density at radius 2 is 2.36 bits per heavy atom. The highest BCUT2D eigenvalue weighted by atomic mass is 32.2. The molecule has 0 spiro atoms. The molecule has 0 unspecified atom stereocenters. The molecule has 4 heteroatoms. The molecule has 0 radical (unpaired) electrons. The first-order valence-electron chi connectivity index (χ1n) is 4.79. The Morgan fingerprint density at radius 3 is 2.93 bits per heavy atom. The van der Waals surface area contributed by atoms with Gasteiger partial charge < -0.3 is 10.2 Å². The topological polar surface area (TPSA) is 57.5 Å². The first-order valence-corrected chi connectivity index (χ1v) is 5.84. The standard InChI is InChI=1S/C10H16O3S/c1-2-7-14-8-5-3-4-6-10(8,13)9(11)12/h2,8,13H,1,3-7H2,(H,11,12)/t8-,10-/m0/s1. The molecule has 3 nitrogen and oxygen atoms in total. The number of thioether (sulfide) groups is 1. The van der Waals surface area contributed by atoms with Crippen LogP contribution in [0.1, 0.15) is 25.7 Å². The number of rotatable bonds is 4. The van der Waals surface area contributed by atoms with Crippen LogP contribution in [0.5, 0.6) is 0 Å². The van der Waals surface area contributed by atoms with Crippen molar-refractivity contribution in [1.82, 2.24) is 0 Å². The van der Waals surface area contributed by atoms with Crippen molar-refractivity contribution < 1.29 is 15.0 Å². The van der Waals surface area contributed by atoms with Crippen molar-refractivity contribution in [1.29, 1.82) is 0 Å². The van der Waals surface area contributed by atoms with Gasteiger partial charge in [0.1, 0.15) is 0 Å². The van der Waals surface area contributed by atoms with E-state index in [4.69, 9.17) is 5.11 Å². The third-order valence-electron chi connectivity index (χ3n) is 2.59. The van der Waals surface area contributed by atoms with Gasteiger partial charge in [-0.3, -0.25) is 0 Å². The van der Waals surface area contributed by atoms with E-state index in [1.54, 1.807) is 6.08 Å². The minimum absolute atomic E-state index is 0.188. The van der Waals surface area contributed by atoms with E-state index in [1.165, 1.54) is 11.8 Å². The van der Waals surface area contributed by atoms with Crippen LogP contribution in [0.2, 0.25) is 0 Å². The SMILES string of the molecule is C=CCS[C@H]1CCCC[C@@]1(O)C(=O)O. The van der Waals surface area contributed by atoms with Crippen LogP contribution in [0, 0.1) is 0 Å². The van der Waals surface area contributed by atoms with E-state index in [1.807, 2.05) is 0 Å². The summed E-state index contributed by atoms with van der Waals surface area (Å²) in [5.41, 5.74) is -1.52. The van der Waals surface area contributed by atoms with Crippen molar-refractivity contribution in [2.45, 2.75) is 36.5 Å². The van der Waals surface area contributed by atoms with Gasteiger partial charge in [-0.25, -0.2) is 4.79 Å². The average Bonchev–Trinajstić information content (AvgIpc) is 2.16. The zero-order valence-electron chi connectivity index (χ0n) is 8.11. The Hall–Kier alpha value is -0.480. The third kappa shape index (κ3) is 2.30. The molecule has 2 N–H and O–H groups in total. The number of carboxylic acids is 1. The van der Waals surface area contributed by atoms with Gasteiger partial charge in [0.05, 0.1) is 0 Å². The molecular formula is C10H16O3S. The van der Waals surface area contributed by atoms with Gasteiger partial charge in [-0.1, -0.05) is 12.5 Å². The molecule has 0 heterocycles. The van der Waals surface area contributed by atoms with Crippen LogP contribution in [0.15, 0.2) is 12.7 Å². The molecule has 1 aliphatic carbocycles. The summed E-state index contributed by atoms with van der Waals surface area (Å²) in [6.45, 7) is 3.59. The fourth-order valence-electron chi connectivity index (χ4n) is 1.77. The van der Waals surface area contributed by atoms with Crippen LogP contribution in [0.25, 0.3) is 0 Å². The van der Waals surface area contributed by atoms with Crippen molar-refractivity contribution >= 4 is 17.7 Å². The summed E-state index contributed by atoms with van der Waals surface area (Å²) in [4.78, 5) is 11.0. The lowest BCUT2D eigenvalue weighted by Gasteiger charge is -2.35. The maximum Gasteiger partial charge on any atom is 0.336 e. The Bertz CT molecular complexity index is 229. The molecule has 0 aliphatic heterocycles. The summed E-state index contributed by atoms with van der Waals surface area (Å²) >= 11 is 1.48. The maximum absolute atomic E-state index is 11.0. The lowest BCUT2D eigenvalue weighted by Crippen LogP contribution is -2.50. The molecule has 0 aromatic rings. The molecule has 1 fully saturated rings. The molecule has 80 valence electrons. The van der Waals surface area contributed by atoms with Crippen LogP contribution < -0.4 is 0 Å². The van der Waals surface area contributed by atoms with E-state index in [-0.39, 0.29) is 5.25 Å². The Kier molecular flexibility index (Phi) is 4.01. The normalized spacial score (nSPS) is 32.5. The number of aliphatic carboxylic acids is 1. The number of carboxylic acid groups (broad SMARTS) is 1. The fraction of sp³-hybridized carbons (Fsp3) is 0.700. The van der Waals surface area contributed by atoms with E-state index >= 15 is 0 Å². The van der Waals surface area contributed by atoms with Gasteiger partial charge in [0, 0.05) is 11.0 Å². The van der Waals surface area contributed by atoms with Crippen molar-refractivity contribution in [3.8, 4) is 0 Å². The zero-order chi connectivity index (χ0) is 10.6. The quantitative estimate of drug-likeness (QED) is 0.702. The zero-order valence-corrected chi connectivity index (χ0v) is 8.92. The minimum atomic E-state index is -1.52. The second-order valence-corrected chi connectivity index (χ2v) is 4.82. The summed E-state index contributed by atoms with van der Waals surface area (Å²) in [5, 5.41) is 18.8. The Balaban J connectivity index is 2.67. The Morgan fingerprint density at radius 1 is 1.64 bits per heavy atom. The lowest BCUT2D eigenvalue weighted by molar-refractivity contribution is -0.160. The van der Waals surface area contributed by atoms with Gasteiger partial charge in [-0.2, -0.15) is 11.8 Å². The van der Waals surface area contributed by atoms with Crippen LogP contribution in [-0.4, -0.2) is 32.8 Å². The molecule has 0 aromatic heterocycles. The molecule has 0 amide bonds. The molecule has 2 atom stereocenters. The van der Waals surface area contributed by atoms with E-state index in [0.717, 1.165) is 19.3 Å². The van der Waals surface area contributed by atoms with Gasteiger partial charge in [0.2, 0.25) is 0 Å². The predicted octanol–water partition coefficient (Wildman–Crippen LogP) is 1.66. The summed E-state index contributed by atoms with van der Waals surface area (Å²) in [6.07, 6.45) is 4.69. The summed E-state index contributed by atoms with van der Waals surface area (Å²) in [7, 11) is 0. The molecule has 14 heavy (non-hydrogen) atoms. The highest BCUT2D eigenvalue weighted by Gasteiger charge is 2.45. The first kappa shape index (κ1) is 11.6. The largest absolute Gasteiger partial charge is 0.479 e. The number of carbonyl (C=O) groups is 1. The number of hydrogen-bond acceptors (Lipinski definition) is 3. The lowest BCUT2D eigenvalue weighted by atomic mass is 9.84. The molecular weight excluding hydrogens is 200 g/mol. The molecule has 0 saturated heterocycles.